The number of carbonyl (C=O) groups excluding carboxylic acids is 1. The van der Waals surface area contributed by atoms with Gasteiger partial charge < -0.3 is 10.6 Å². The Labute approximate surface area is 124 Å². The summed E-state index contributed by atoms with van der Waals surface area (Å²) in [5, 5.41) is 9.24. The van der Waals surface area contributed by atoms with Crippen molar-refractivity contribution in [2.24, 2.45) is 0 Å². The van der Waals surface area contributed by atoms with Gasteiger partial charge in [0.05, 0.1) is 11.2 Å². The number of nitrogen functional groups attached to an aromatic ring is 1. The highest BCUT2D eigenvalue weighted by molar-refractivity contribution is 6.05. The van der Waals surface area contributed by atoms with Crippen molar-refractivity contribution in [3.8, 4) is 0 Å². The molecule has 0 atom stereocenters. The fourth-order valence-electron chi connectivity index (χ4n) is 2.91. The first-order valence-electron chi connectivity index (χ1n) is 7.55. The van der Waals surface area contributed by atoms with Gasteiger partial charge in [0.1, 0.15) is 0 Å². The highest BCUT2D eigenvalue weighted by Gasteiger charge is 2.24. The number of nitrogens with two attached hydrogens (primary N) is 1. The van der Waals surface area contributed by atoms with E-state index in [1.165, 1.54) is 0 Å². The number of nitrogens with zero attached hydrogens (tertiary/aromatic N) is 3. The number of anilines is 1. The zero-order valence-electron chi connectivity index (χ0n) is 12.3. The Morgan fingerprint density at radius 3 is 2.76 bits per heavy atom. The van der Waals surface area contributed by atoms with Crippen molar-refractivity contribution in [3.63, 3.8) is 0 Å². The van der Waals surface area contributed by atoms with Crippen molar-refractivity contribution < 1.29 is 4.79 Å². The van der Waals surface area contributed by atoms with Crippen LogP contribution in [-0.4, -0.2) is 34.1 Å². The average Bonchev–Trinajstić information content (AvgIpc) is 3.02. The van der Waals surface area contributed by atoms with Crippen LogP contribution in [0.5, 0.6) is 0 Å². The Kier molecular flexibility index (Phi) is 3.73. The van der Waals surface area contributed by atoms with Crippen molar-refractivity contribution >= 4 is 22.5 Å². The van der Waals surface area contributed by atoms with Gasteiger partial charge in [0, 0.05) is 18.5 Å². The third-order valence-corrected chi connectivity index (χ3v) is 4.03. The van der Waals surface area contributed by atoms with Gasteiger partial charge >= 0.3 is 0 Å². The molecule has 0 spiro atoms. The van der Waals surface area contributed by atoms with Crippen LogP contribution in [0.25, 0.3) is 10.9 Å². The van der Waals surface area contributed by atoms with Crippen molar-refractivity contribution in [1.82, 2.24) is 15.1 Å². The van der Waals surface area contributed by atoms with E-state index in [0.29, 0.717) is 5.69 Å². The molecule has 5 heteroatoms. The smallest absolute Gasteiger partial charge is 0.276 e. The highest BCUT2D eigenvalue weighted by Crippen LogP contribution is 2.26. The molecule has 110 valence electrons. The van der Waals surface area contributed by atoms with Crippen molar-refractivity contribution in [2.75, 3.05) is 18.8 Å². The molecule has 21 heavy (non-hydrogen) atoms. The van der Waals surface area contributed by atoms with Gasteiger partial charge in [0.2, 0.25) is 0 Å². The Morgan fingerprint density at radius 2 is 2.05 bits per heavy atom. The van der Waals surface area contributed by atoms with E-state index < -0.39 is 0 Å². The predicted molar refractivity (Wildman–Crippen MR) is 83.1 cm³/mol. The second-order valence-electron chi connectivity index (χ2n) is 5.52. The molecule has 0 unspecified atom stereocenters. The minimum Gasteiger partial charge on any atom is -0.396 e. The predicted octanol–water partition coefficient (Wildman–Crippen LogP) is 2.40. The van der Waals surface area contributed by atoms with E-state index in [0.717, 1.165) is 55.2 Å². The maximum absolute atomic E-state index is 12.5. The van der Waals surface area contributed by atoms with Gasteiger partial charge in [-0.25, -0.2) is 0 Å². The standard InChI is InChI=1S/C16H20N4O/c1-2-6-11-7-5-8-12-13(17)15(19-18-14(11)12)16(21)20-9-3-4-10-20/h5,7-8H,2-4,6,9-10H2,1H3,(H2,17,18). The van der Waals surface area contributed by atoms with E-state index >= 15 is 0 Å². The molecule has 1 aromatic carbocycles. The molecule has 1 aliphatic rings. The summed E-state index contributed by atoms with van der Waals surface area (Å²) in [6.07, 6.45) is 4.07. The van der Waals surface area contributed by atoms with Crippen LogP contribution in [0.2, 0.25) is 0 Å². The Bertz CT molecular complexity index is 677. The molecular formula is C16H20N4O. The van der Waals surface area contributed by atoms with Crippen LogP contribution in [0.1, 0.15) is 42.2 Å². The van der Waals surface area contributed by atoms with Crippen LogP contribution < -0.4 is 5.73 Å². The summed E-state index contributed by atoms with van der Waals surface area (Å²) in [4.78, 5) is 14.3. The Morgan fingerprint density at radius 1 is 1.29 bits per heavy atom. The van der Waals surface area contributed by atoms with E-state index in [1.54, 1.807) is 0 Å². The van der Waals surface area contributed by atoms with Gasteiger partial charge in [-0.3, -0.25) is 4.79 Å². The van der Waals surface area contributed by atoms with Gasteiger partial charge in [0.15, 0.2) is 5.69 Å². The first-order valence-corrected chi connectivity index (χ1v) is 7.55. The molecule has 0 aliphatic carbocycles. The van der Waals surface area contributed by atoms with Crippen LogP contribution in [0.15, 0.2) is 18.2 Å². The maximum atomic E-state index is 12.5. The van der Waals surface area contributed by atoms with Crippen LogP contribution in [-0.2, 0) is 6.42 Å². The quantitative estimate of drug-likeness (QED) is 0.939. The Hall–Kier alpha value is -2.17. The maximum Gasteiger partial charge on any atom is 0.276 e. The number of likely N-dealkylation sites (tertiary alicyclic amines) is 1. The normalized spacial score (nSPS) is 14.8. The number of amides is 1. The minimum atomic E-state index is -0.0969. The lowest BCUT2D eigenvalue weighted by Crippen LogP contribution is -2.29. The molecule has 0 saturated carbocycles. The number of carbonyl (C=O) groups is 1. The topological polar surface area (TPSA) is 72.1 Å². The zero-order chi connectivity index (χ0) is 14.8. The number of fused-ring (bicyclic) bond motifs is 1. The summed E-state index contributed by atoms with van der Waals surface area (Å²) in [5.74, 6) is -0.0969. The number of hydrogen-bond acceptors (Lipinski definition) is 4. The second-order valence-corrected chi connectivity index (χ2v) is 5.52. The van der Waals surface area contributed by atoms with E-state index in [9.17, 15) is 4.79 Å². The number of aryl methyl sites for hydroxylation is 1. The fraction of sp³-hybridized carbons (Fsp3) is 0.438. The number of aromatic nitrogens is 2. The molecule has 0 bridgehead atoms. The van der Waals surface area contributed by atoms with Gasteiger partial charge in [-0.05, 0) is 24.8 Å². The lowest BCUT2D eigenvalue weighted by atomic mass is 10.0. The summed E-state index contributed by atoms with van der Waals surface area (Å²) in [6.45, 7) is 3.70. The summed E-state index contributed by atoms with van der Waals surface area (Å²) < 4.78 is 0. The number of benzene rings is 1. The molecule has 2 heterocycles. The van der Waals surface area contributed by atoms with E-state index in [-0.39, 0.29) is 11.6 Å². The molecule has 1 amide bonds. The number of hydrogen-bond donors (Lipinski definition) is 1. The molecule has 0 radical (unpaired) electrons. The molecule has 2 aromatic rings. The molecular weight excluding hydrogens is 264 g/mol. The first-order chi connectivity index (χ1) is 10.2. The van der Waals surface area contributed by atoms with E-state index in [2.05, 4.69) is 17.1 Å². The monoisotopic (exact) mass is 284 g/mol. The third-order valence-electron chi connectivity index (χ3n) is 4.03. The second kappa shape index (κ2) is 5.68. The summed E-state index contributed by atoms with van der Waals surface area (Å²) >= 11 is 0. The molecule has 2 N–H and O–H groups in total. The average molecular weight is 284 g/mol. The molecule has 5 nitrogen and oxygen atoms in total. The highest BCUT2D eigenvalue weighted by atomic mass is 16.2. The van der Waals surface area contributed by atoms with Crippen LogP contribution in [0, 0.1) is 0 Å². The number of rotatable bonds is 3. The largest absolute Gasteiger partial charge is 0.396 e. The molecule has 1 saturated heterocycles. The third kappa shape index (κ3) is 2.44. The molecule has 1 aromatic heterocycles. The van der Waals surface area contributed by atoms with Crippen molar-refractivity contribution in [2.45, 2.75) is 32.6 Å². The van der Waals surface area contributed by atoms with Gasteiger partial charge in [-0.1, -0.05) is 31.5 Å². The summed E-state index contributed by atoms with van der Waals surface area (Å²) in [5.41, 5.74) is 8.89. The van der Waals surface area contributed by atoms with Gasteiger partial charge in [-0.2, -0.15) is 0 Å². The Balaban J connectivity index is 2.05. The molecule has 1 aliphatic heterocycles. The van der Waals surface area contributed by atoms with E-state index in [4.69, 9.17) is 5.73 Å². The summed E-state index contributed by atoms with van der Waals surface area (Å²) in [6, 6.07) is 5.93. The van der Waals surface area contributed by atoms with Gasteiger partial charge in [0.25, 0.3) is 5.91 Å². The van der Waals surface area contributed by atoms with Crippen LogP contribution in [0.3, 0.4) is 0 Å². The fourth-order valence-corrected chi connectivity index (χ4v) is 2.91. The van der Waals surface area contributed by atoms with Crippen molar-refractivity contribution in [1.29, 1.82) is 0 Å². The first kappa shape index (κ1) is 13.8. The lowest BCUT2D eigenvalue weighted by Gasteiger charge is -2.16. The molecule has 3 rings (SSSR count). The van der Waals surface area contributed by atoms with E-state index in [1.807, 2.05) is 23.1 Å². The van der Waals surface area contributed by atoms with Gasteiger partial charge in [-0.15, -0.1) is 10.2 Å². The minimum absolute atomic E-state index is 0.0969. The van der Waals surface area contributed by atoms with Crippen LogP contribution in [0.4, 0.5) is 5.69 Å². The summed E-state index contributed by atoms with van der Waals surface area (Å²) in [7, 11) is 0. The lowest BCUT2D eigenvalue weighted by molar-refractivity contribution is 0.0787. The van der Waals surface area contributed by atoms with Crippen molar-refractivity contribution in [3.05, 3.63) is 29.5 Å². The molecule has 1 fully saturated rings. The SMILES string of the molecule is CCCc1cccc2c(N)c(C(=O)N3CCCC3)nnc12. The van der Waals surface area contributed by atoms with Crippen LogP contribution >= 0.6 is 0 Å². The zero-order valence-corrected chi connectivity index (χ0v) is 12.3.